The molecule has 2 nitrogen and oxygen atoms in total. The summed E-state index contributed by atoms with van der Waals surface area (Å²) in [5.74, 6) is 0. The van der Waals surface area contributed by atoms with Crippen LogP contribution in [0.2, 0.25) is 0 Å². The minimum Gasteiger partial charge on any atom is -0.381 e. The van der Waals surface area contributed by atoms with Gasteiger partial charge in [-0.15, -0.1) is 0 Å². The summed E-state index contributed by atoms with van der Waals surface area (Å²) in [4.78, 5) is 0. The molecule has 0 saturated heterocycles. The zero-order valence-electron chi connectivity index (χ0n) is 9.79. The highest BCUT2D eigenvalue weighted by Crippen LogP contribution is 2.23. The van der Waals surface area contributed by atoms with Crippen molar-refractivity contribution in [3.8, 4) is 0 Å². The van der Waals surface area contributed by atoms with Gasteiger partial charge in [-0.05, 0) is 37.0 Å². The Hall–Kier alpha value is -0.380. The fourth-order valence-corrected chi connectivity index (χ4v) is 2.36. The Bertz CT molecular complexity index is 361. The van der Waals surface area contributed by atoms with Gasteiger partial charge in [0.2, 0.25) is 0 Å². The van der Waals surface area contributed by atoms with E-state index in [0.717, 1.165) is 19.4 Å². The zero-order valence-corrected chi connectivity index (χ0v) is 11.4. The summed E-state index contributed by atoms with van der Waals surface area (Å²) >= 11 is 3.56. The molecule has 0 aliphatic heterocycles. The fraction of sp³-hybridized carbons (Fsp3) is 0.538. The van der Waals surface area contributed by atoms with Crippen molar-refractivity contribution < 1.29 is 4.74 Å². The highest BCUT2D eigenvalue weighted by molar-refractivity contribution is 9.10. The van der Waals surface area contributed by atoms with E-state index in [-0.39, 0.29) is 0 Å². The first-order valence-electron chi connectivity index (χ1n) is 5.70. The molecule has 0 atom stereocenters. The number of nitrogens with one attached hydrogen (secondary N) is 1. The molecule has 2 rings (SSSR count). The summed E-state index contributed by atoms with van der Waals surface area (Å²) in [5.41, 5.74) is 2.62. The fourth-order valence-electron chi connectivity index (χ4n) is 1.93. The molecule has 16 heavy (non-hydrogen) atoms. The number of benzene rings is 1. The van der Waals surface area contributed by atoms with Gasteiger partial charge in [-0.3, -0.25) is 0 Å². The van der Waals surface area contributed by atoms with Crippen molar-refractivity contribution in [2.24, 2.45) is 0 Å². The molecule has 0 radical (unpaired) electrons. The largest absolute Gasteiger partial charge is 0.381 e. The van der Waals surface area contributed by atoms with Crippen LogP contribution in [-0.2, 0) is 11.3 Å². The maximum Gasteiger partial charge on any atom is 0.0601 e. The normalized spacial score (nSPS) is 24.2. The molecule has 88 valence electrons. The molecule has 1 aromatic rings. The quantitative estimate of drug-likeness (QED) is 0.917. The molecular formula is C13H18BrNO. The lowest BCUT2D eigenvalue weighted by atomic mass is 9.89. The van der Waals surface area contributed by atoms with Gasteiger partial charge in [-0.2, -0.15) is 0 Å². The Morgan fingerprint density at radius 3 is 2.81 bits per heavy atom. The van der Waals surface area contributed by atoms with Crippen molar-refractivity contribution >= 4 is 15.9 Å². The van der Waals surface area contributed by atoms with Gasteiger partial charge < -0.3 is 10.1 Å². The molecule has 0 spiro atoms. The van der Waals surface area contributed by atoms with Crippen LogP contribution in [0.4, 0.5) is 0 Å². The zero-order chi connectivity index (χ0) is 11.5. The number of rotatable bonds is 4. The van der Waals surface area contributed by atoms with Crippen molar-refractivity contribution in [2.75, 3.05) is 7.11 Å². The Labute approximate surface area is 106 Å². The smallest absolute Gasteiger partial charge is 0.0601 e. The number of halogens is 1. The van der Waals surface area contributed by atoms with Gasteiger partial charge in [-0.25, -0.2) is 0 Å². The van der Waals surface area contributed by atoms with E-state index in [1.807, 2.05) is 0 Å². The van der Waals surface area contributed by atoms with Gasteiger partial charge >= 0.3 is 0 Å². The van der Waals surface area contributed by atoms with Crippen LogP contribution in [0.5, 0.6) is 0 Å². The molecule has 0 heterocycles. The van der Waals surface area contributed by atoms with E-state index in [1.54, 1.807) is 7.11 Å². The van der Waals surface area contributed by atoms with Crippen LogP contribution in [-0.4, -0.2) is 19.3 Å². The van der Waals surface area contributed by atoms with E-state index in [2.05, 4.69) is 46.4 Å². The molecule has 1 aromatic carbocycles. The summed E-state index contributed by atoms with van der Waals surface area (Å²) in [6, 6.07) is 7.15. The third-order valence-electron chi connectivity index (χ3n) is 3.26. The summed E-state index contributed by atoms with van der Waals surface area (Å²) in [6.45, 7) is 3.05. The molecule has 1 saturated carbocycles. The Morgan fingerprint density at radius 1 is 1.44 bits per heavy atom. The molecule has 1 fully saturated rings. The minimum atomic E-state index is 0.474. The van der Waals surface area contributed by atoms with Crippen molar-refractivity contribution in [2.45, 2.75) is 38.5 Å². The summed E-state index contributed by atoms with van der Waals surface area (Å²) in [5, 5.41) is 3.55. The number of hydrogen-bond donors (Lipinski definition) is 1. The lowest BCUT2D eigenvalue weighted by Gasteiger charge is -2.34. The van der Waals surface area contributed by atoms with Crippen molar-refractivity contribution in [3.63, 3.8) is 0 Å². The second kappa shape index (κ2) is 5.30. The van der Waals surface area contributed by atoms with Crippen LogP contribution >= 0.6 is 15.9 Å². The monoisotopic (exact) mass is 283 g/mol. The van der Waals surface area contributed by atoms with Crippen molar-refractivity contribution in [1.82, 2.24) is 5.32 Å². The van der Waals surface area contributed by atoms with E-state index in [9.17, 15) is 0 Å². The van der Waals surface area contributed by atoms with Crippen molar-refractivity contribution in [3.05, 3.63) is 33.8 Å². The first-order valence-corrected chi connectivity index (χ1v) is 6.49. The number of aryl methyl sites for hydroxylation is 1. The van der Waals surface area contributed by atoms with Crippen LogP contribution < -0.4 is 5.32 Å². The van der Waals surface area contributed by atoms with E-state index < -0.39 is 0 Å². The molecule has 0 amide bonds. The third kappa shape index (κ3) is 2.84. The molecular weight excluding hydrogens is 266 g/mol. The minimum absolute atomic E-state index is 0.474. The predicted octanol–water partition coefficient (Wildman–Crippen LogP) is 3.02. The third-order valence-corrected chi connectivity index (χ3v) is 4.11. The molecule has 3 heteroatoms. The Morgan fingerprint density at radius 2 is 2.19 bits per heavy atom. The molecule has 0 aromatic heterocycles. The number of methoxy groups -OCH3 is 1. The molecule has 1 aliphatic rings. The number of ether oxygens (including phenoxy) is 1. The lowest BCUT2D eigenvalue weighted by Crippen LogP contribution is -2.44. The molecule has 1 aliphatic carbocycles. The summed E-state index contributed by atoms with van der Waals surface area (Å²) in [6.07, 6.45) is 2.76. The van der Waals surface area contributed by atoms with Gasteiger partial charge in [0.15, 0.2) is 0 Å². The molecule has 1 N–H and O–H groups in total. The second-order valence-corrected chi connectivity index (χ2v) is 5.34. The summed E-state index contributed by atoms with van der Waals surface area (Å²) < 4.78 is 6.45. The van der Waals surface area contributed by atoms with E-state index >= 15 is 0 Å². The van der Waals surface area contributed by atoms with Gasteiger partial charge in [0.25, 0.3) is 0 Å². The van der Waals surface area contributed by atoms with Crippen LogP contribution in [0.25, 0.3) is 0 Å². The average Bonchev–Trinajstić information content (AvgIpc) is 2.21. The Kier molecular flexibility index (Phi) is 4.00. The van der Waals surface area contributed by atoms with E-state index in [1.165, 1.54) is 15.6 Å². The highest BCUT2D eigenvalue weighted by Gasteiger charge is 2.28. The SMILES string of the molecule is COC1CC(NCc2ccc(C)c(Br)c2)C1. The maximum atomic E-state index is 5.26. The topological polar surface area (TPSA) is 21.3 Å². The summed E-state index contributed by atoms with van der Waals surface area (Å²) in [7, 11) is 1.79. The van der Waals surface area contributed by atoms with Crippen LogP contribution in [0.15, 0.2) is 22.7 Å². The second-order valence-electron chi connectivity index (χ2n) is 4.49. The van der Waals surface area contributed by atoms with E-state index in [0.29, 0.717) is 12.1 Å². The number of hydrogen-bond acceptors (Lipinski definition) is 2. The standard InChI is InChI=1S/C13H18BrNO/c1-9-3-4-10(5-13(9)14)8-15-11-6-12(7-11)16-2/h3-5,11-12,15H,6-8H2,1-2H3. The first-order chi connectivity index (χ1) is 7.69. The maximum absolute atomic E-state index is 5.26. The van der Waals surface area contributed by atoms with Crippen LogP contribution in [0.1, 0.15) is 24.0 Å². The highest BCUT2D eigenvalue weighted by atomic mass is 79.9. The van der Waals surface area contributed by atoms with Gasteiger partial charge in [0.05, 0.1) is 6.10 Å². The molecule has 0 unspecified atom stereocenters. The average molecular weight is 284 g/mol. The van der Waals surface area contributed by atoms with Crippen molar-refractivity contribution in [1.29, 1.82) is 0 Å². The Balaban J connectivity index is 1.80. The van der Waals surface area contributed by atoms with Gasteiger partial charge in [0.1, 0.15) is 0 Å². The first kappa shape index (κ1) is 12.1. The lowest BCUT2D eigenvalue weighted by molar-refractivity contribution is 0.0170. The van der Waals surface area contributed by atoms with Gasteiger partial charge in [-0.1, -0.05) is 28.1 Å². The molecule has 0 bridgehead atoms. The van der Waals surface area contributed by atoms with Crippen LogP contribution in [0.3, 0.4) is 0 Å². The van der Waals surface area contributed by atoms with E-state index in [4.69, 9.17) is 4.74 Å². The predicted molar refractivity (Wildman–Crippen MR) is 69.5 cm³/mol. The van der Waals surface area contributed by atoms with Gasteiger partial charge in [0, 0.05) is 24.2 Å². The van der Waals surface area contributed by atoms with Crippen LogP contribution in [0, 0.1) is 6.92 Å².